The van der Waals surface area contributed by atoms with Gasteiger partial charge in [0.1, 0.15) is 0 Å². The fourth-order valence-electron chi connectivity index (χ4n) is 2.38. The van der Waals surface area contributed by atoms with E-state index in [1.807, 2.05) is 44.2 Å². The van der Waals surface area contributed by atoms with Gasteiger partial charge in [0.05, 0.1) is 12.7 Å². The summed E-state index contributed by atoms with van der Waals surface area (Å²) >= 11 is 0. The van der Waals surface area contributed by atoms with Gasteiger partial charge in [-0.05, 0) is 38.1 Å². The Morgan fingerprint density at radius 3 is 2.46 bits per heavy atom. The molecule has 0 unspecified atom stereocenters. The summed E-state index contributed by atoms with van der Waals surface area (Å²) < 4.78 is 9.97. The number of furan rings is 1. The highest BCUT2D eigenvalue weighted by molar-refractivity contribution is 5.95. The first kappa shape index (κ1) is 19.2. The van der Waals surface area contributed by atoms with Gasteiger partial charge < -0.3 is 19.4 Å². The minimum Gasteiger partial charge on any atom is -0.459 e. The van der Waals surface area contributed by atoms with Crippen molar-refractivity contribution in [2.24, 2.45) is 0 Å². The van der Waals surface area contributed by atoms with Crippen LogP contribution in [-0.2, 0) is 14.3 Å². The highest BCUT2D eigenvalue weighted by Crippen LogP contribution is 2.16. The number of anilines is 1. The molecule has 0 aliphatic rings. The molecule has 1 aromatic carbocycles. The zero-order valence-electron chi connectivity index (χ0n) is 14.8. The first-order valence-corrected chi connectivity index (χ1v) is 8.33. The molecule has 26 heavy (non-hydrogen) atoms. The largest absolute Gasteiger partial charge is 0.459 e. The maximum absolute atomic E-state index is 12.4. The van der Waals surface area contributed by atoms with Crippen LogP contribution in [0.2, 0.25) is 0 Å². The van der Waals surface area contributed by atoms with Gasteiger partial charge >= 0.3 is 5.97 Å². The van der Waals surface area contributed by atoms with Crippen LogP contribution in [0.5, 0.6) is 0 Å². The fourth-order valence-corrected chi connectivity index (χ4v) is 2.38. The molecule has 0 spiro atoms. The van der Waals surface area contributed by atoms with Crippen LogP contribution in [0.15, 0.2) is 53.1 Å². The molecule has 1 aromatic heterocycles. The number of benzene rings is 1. The summed E-state index contributed by atoms with van der Waals surface area (Å²) in [5.41, 5.74) is 0.745. The molecule has 0 bridgehead atoms. The number of nitrogens with zero attached hydrogens (tertiary/aromatic N) is 1. The van der Waals surface area contributed by atoms with E-state index >= 15 is 0 Å². The van der Waals surface area contributed by atoms with Crippen molar-refractivity contribution < 1.29 is 23.5 Å². The van der Waals surface area contributed by atoms with Crippen molar-refractivity contribution in [3.63, 3.8) is 0 Å². The lowest BCUT2D eigenvalue weighted by Gasteiger charge is -2.26. The summed E-state index contributed by atoms with van der Waals surface area (Å²) in [5, 5.41) is 2.54. The average molecular weight is 358 g/mol. The fraction of sp³-hybridized carbons (Fsp3) is 0.316. The molecule has 0 fully saturated rings. The van der Waals surface area contributed by atoms with Crippen LogP contribution in [0.1, 0.15) is 30.8 Å². The lowest BCUT2D eigenvalue weighted by atomic mass is 10.2. The van der Waals surface area contributed by atoms with E-state index in [1.54, 1.807) is 11.0 Å². The monoisotopic (exact) mass is 358 g/mol. The van der Waals surface area contributed by atoms with Gasteiger partial charge in [0.2, 0.25) is 0 Å². The quantitative estimate of drug-likeness (QED) is 0.732. The van der Waals surface area contributed by atoms with Crippen LogP contribution >= 0.6 is 0 Å². The maximum Gasteiger partial charge on any atom is 0.308 e. The second-order valence-electron chi connectivity index (χ2n) is 5.84. The molecule has 1 heterocycles. The van der Waals surface area contributed by atoms with Crippen molar-refractivity contribution in [1.82, 2.24) is 5.32 Å². The van der Waals surface area contributed by atoms with Crippen LogP contribution in [0.3, 0.4) is 0 Å². The molecule has 2 aromatic rings. The second-order valence-corrected chi connectivity index (χ2v) is 5.84. The number of esters is 1. The van der Waals surface area contributed by atoms with Crippen LogP contribution in [0, 0.1) is 0 Å². The highest BCUT2D eigenvalue weighted by Gasteiger charge is 2.20. The molecule has 7 heteroatoms. The zero-order chi connectivity index (χ0) is 18.9. The summed E-state index contributed by atoms with van der Waals surface area (Å²) in [4.78, 5) is 37.4. The van der Waals surface area contributed by atoms with Gasteiger partial charge in [-0.15, -0.1) is 0 Å². The smallest absolute Gasteiger partial charge is 0.308 e. The summed E-state index contributed by atoms with van der Waals surface area (Å²) in [5.74, 6) is -1.10. The summed E-state index contributed by atoms with van der Waals surface area (Å²) in [6, 6.07) is 12.2. The Morgan fingerprint density at radius 1 is 1.12 bits per heavy atom. The van der Waals surface area contributed by atoms with Crippen LogP contribution in [0.25, 0.3) is 0 Å². The predicted molar refractivity (Wildman–Crippen MR) is 95.7 cm³/mol. The van der Waals surface area contributed by atoms with Gasteiger partial charge in [-0.2, -0.15) is 0 Å². The van der Waals surface area contributed by atoms with Gasteiger partial charge in [0.25, 0.3) is 11.8 Å². The number of amides is 2. The van der Waals surface area contributed by atoms with Crippen molar-refractivity contribution in [3.05, 3.63) is 54.5 Å². The van der Waals surface area contributed by atoms with Crippen molar-refractivity contribution in [2.45, 2.75) is 26.3 Å². The molecule has 138 valence electrons. The minimum atomic E-state index is -0.560. The van der Waals surface area contributed by atoms with E-state index in [1.165, 1.54) is 12.3 Å². The third-order valence-corrected chi connectivity index (χ3v) is 3.54. The van der Waals surface area contributed by atoms with E-state index in [-0.39, 0.29) is 37.3 Å². The van der Waals surface area contributed by atoms with E-state index in [2.05, 4.69) is 5.32 Å². The molecule has 2 rings (SSSR count). The van der Waals surface area contributed by atoms with E-state index < -0.39 is 11.9 Å². The van der Waals surface area contributed by atoms with Gasteiger partial charge in [-0.1, -0.05) is 18.2 Å². The first-order chi connectivity index (χ1) is 12.5. The summed E-state index contributed by atoms with van der Waals surface area (Å²) in [6.07, 6.45) is 1.36. The van der Waals surface area contributed by atoms with Crippen molar-refractivity contribution >= 4 is 23.5 Å². The van der Waals surface area contributed by atoms with Crippen LogP contribution in [0.4, 0.5) is 5.69 Å². The zero-order valence-corrected chi connectivity index (χ0v) is 14.8. The number of carbonyl (C=O) groups excluding carboxylic acids is 3. The molecular formula is C19H22N2O5. The van der Waals surface area contributed by atoms with E-state index in [4.69, 9.17) is 9.15 Å². The first-order valence-electron chi connectivity index (χ1n) is 8.33. The van der Waals surface area contributed by atoms with Crippen molar-refractivity contribution in [3.8, 4) is 0 Å². The topological polar surface area (TPSA) is 88.9 Å². The molecule has 1 N–H and O–H groups in total. The Kier molecular flexibility index (Phi) is 6.96. The molecule has 0 saturated carbocycles. The van der Waals surface area contributed by atoms with Crippen molar-refractivity contribution in [2.75, 3.05) is 18.1 Å². The van der Waals surface area contributed by atoms with E-state index in [0.29, 0.717) is 0 Å². The molecule has 0 atom stereocenters. The van der Waals surface area contributed by atoms with Crippen molar-refractivity contribution in [1.29, 1.82) is 0 Å². The number of nitrogens with one attached hydrogen (secondary N) is 1. The number of hydrogen-bond acceptors (Lipinski definition) is 5. The molecule has 7 nitrogen and oxygen atoms in total. The Hall–Kier alpha value is -3.09. The molecule has 2 amide bonds. The van der Waals surface area contributed by atoms with Gasteiger partial charge in [0, 0.05) is 18.3 Å². The third-order valence-electron chi connectivity index (χ3n) is 3.54. The van der Waals surface area contributed by atoms with E-state index in [9.17, 15) is 14.4 Å². The maximum atomic E-state index is 12.4. The standard InChI is InChI=1S/C19H22N2O5/c1-14(2)21(15-7-4-3-5-8-15)17(22)13-26-18(23)10-11-20-19(24)16-9-6-12-25-16/h3-9,12,14H,10-11,13H2,1-2H3,(H,20,24). The summed E-state index contributed by atoms with van der Waals surface area (Å²) in [6.45, 7) is 3.52. The highest BCUT2D eigenvalue weighted by atomic mass is 16.5. The Morgan fingerprint density at radius 2 is 1.85 bits per heavy atom. The number of rotatable bonds is 8. The second kappa shape index (κ2) is 9.41. The molecule has 0 aliphatic heterocycles. The van der Waals surface area contributed by atoms with Crippen LogP contribution < -0.4 is 10.2 Å². The minimum absolute atomic E-state index is 0.0350. The molecular weight excluding hydrogens is 336 g/mol. The summed E-state index contributed by atoms with van der Waals surface area (Å²) in [7, 11) is 0. The molecule has 0 aliphatic carbocycles. The lowest BCUT2D eigenvalue weighted by Crippen LogP contribution is -2.40. The average Bonchev–Trinajstić information content (AvgIpc) is 3.15. The normalized spacial score (nSPS) is 10.4. The Labute approximate surface area is 151 Å². The van der Waals surface area contributed by atoms with Gasteiger partial charge in [-0.3, -0.25) is 14.4 Å². The van der Waals surface area contributed by atoms with Crippen LogP contribution in [-0.4, -0.2) is 37.0 Å². The lowest BCUT2D eigenvalue weighted by molar-refractivity contribution is -0.147. The number of para-hydroxylation sites is 1. The molecule has 0 saturated heterocycles. The Balaban J connectivity index is 1.77. The Bertz CT molecular complexity index is 726. The van der Waals surface area contributed by atoms with E-state index in [0.717, 1.165) is 5.69 Å². The van der Waals surface area contributed by atoms with Gasteiger partial charge in [0.15, 0.2) is 12.4 Å². The number of carbonyl (C=O) groups is 3. The van der Waals surface area contributed by atoms with Gasteiger partial charge in [-0.25, -0.2) is 0 Å². The SMILES string of the molecule is CC(C)N(C(=O)COC(=O)CCNC(=O)c1ccco1)c1ccccc1. The number of hydrogen-bond donors (Lipinski definition) is 1. The number of ether oxygens (including phenoxy) is 1. The molecule has 0 radical (unpaired) electrons. The predicted octanol–water partition coefficient (Wildman–Crippen LogP) is 2.38. The third kappa shape index (κ3) is 5.47.